The Kier molecular flexibility index (Phi) is 20.2. The molecular formula is C38H56ClF2N2O4P. The van der Waals surface area contributed by atoms with E-state index in [1.54, 1.807) is 12.1 Å². The zero-order valence-electron chi connectivity index (χ0n) is 30.3. The highest BCUT2D eigenvalue weighted by Gasteiger charge is 2.59. The first-order valence-electron chi connectivity index (χ1n) is 16.8. The summed E-state index contributed by atoms with van der Waals surface area (Å²) >= 11 is 6.23. The number of halogens is 3. The summed E-state index contributed by atoms with van der Waals surface area (Å²) in [5.74, 6) is -2.29. The molecule has 48 heavy (non-hydrogen) atoms. The zero-order valence-corrected chi connectivity index (χ0v) is 32.2. The molecule has 0 radical (unpaired) electrons. The van der Waals surface area contributed by atoms with Crippen molar-refractivity contribution in [3.05, 3.63) is 46.6 Å². The number of carbonyl (C=O) groups is 2. The van der Waals surface area contributed by atoms with Gasteiger partial charge < -0.3 is 14.6 Å². The monoisotopic (exact) mass is 708 g/mol. The molecule has 0 bridgehead atoms. The Hall–Kier alpha value is -2.72. The molecule has 6 nitrogen and oxygen atoms in total. The van der Waals surface area contributed by atoms with Gasteiger partial charge in [-0.25, -0.2) is 13.8 Å². The summed E-state index contributed by atoms with van der Waals surface area (Å²) in [7, 11) is 2.60. The fourth-order valence-electron chi connectivity index (χ4n) is 5.23. The van der Waals surface area contributed by atoms with E-state index in [2.05, 4.69) is 43.0 Å². The van der Waals surface area contributed by atoms with Gasteiger partial charge in [-0.1, -0.05) is 78.6 Å². The molecule has 10 heteroatoms. The minimum atomic E-state index is -2.88. The van der Waals surface area contributed by atoms with Gasteiger partial charge in [0.15, 0.2) is 5.75 Å². The second-order valence-electron chi connectivity index (χ2n) is 12.1. The number of allylic oxidation sites excluding steroid dienone is 1. The van der Waals surface area contributed by atoms with E-state index in [9.17, 15) is 18.8 Å². The number of benzene rings is 1. The smallest absolute Gasteiger partial charge is 0.251 e. The number of unbranched alkanes of at least 4 members (excludes halogenated alkanes) is 1. The summed E-state index contributed by atoms with van der Waals surface area (Å²) in [5.41, 5.74) is 0.548. The first-order chi connectivity index (χ1) is 22.7. The number of alkyl halides is 2. The van der Waals surface area contributed by atoms with Crippen LogP contribution in [0.2, 0.25) is 5.02 Å². The molecule has 1 fully saturated rings. The Balaban J connectivity index is 0.00000159. The molecule has 1 heterocycles. The number of ketones is 1. The van der Waals surface area contributed by atoms with Gasteiger partial charge in [-0.3, -0.25) is 4.79 Å². The number of pyridine rings is 1. The molecule has 1 aliphatic carbocycles. The molecule has 4 atom stereocenters. The number of rotatable bonds is 13. The summed E-state index contributed by atoms with van der Waals surface area (Å²) in [6.07, 6.45) is 7.03. The van der Waals surface area contributed by atoms with Gasteiger partial charge in [0.1, 0.15) is 23.9 Å². The van der Waals surface area contributed by atoms with Gasteiger partial charge in [0.25, 0.3) is 5.92 Å². The van der Waals surface area contributed by atoms with Gasteiger partial charge >= 0.3 is 0 Å². The van der Waals surface area contributed by atoms with Crippen molar-refractivity contribution in [2.75, 3.05) is 6.61 Å². The Bertz CT molecular complexity index is 1370. The van der Waals surface area contributed by atoms with Crippen molar-refractivity contribution in [2.24, 2.45) is 11.8 Å². The molecule has 2 aromatic rings. The van der Waals surface area contributed by atoms with E-state index >= 15 is 0 Å². The maximum Gasteiger partial charge on any atom is 0.251 e. The number of Topliss-reactive ketones (excluding diaryl/α,β-unsaturated/α-hetero) is 1. The van der Waals surface area contributed by atoms with Crippen LogP contribution in [0.5, 0.6) is 5.75 Å². The van der Waals surface area contributed by atoms with E-state index in [4.69, 9.17) is 31.2 Å². The van der Waals surface area contributed by atoms with Crippen LogP contribution in [0.1, 0.15) is 119 Å². The third kappa shape index (κ3) is 12.0. The quantitative estimate of drug-likeness (QED) is 0.208. The van der Waals surface area contributed by atoms with Crippen molar-refractivity contribution < 1.29 is 28.2 Å². The standard InChI is InChI=1S/C29H36ClF2N2OP.C6H12O2.C2H6.CH2O/c1-6-9-10-11-23-26(35-27(5,8-3)19(4)7-2)21(28(18-33)16-29(31,32)17-28)15-24(34-23)20-12-13-22(30)25(36)14-20;1-3-6(4-7)5(2)8;2*1-2/h10-15,19H,6-9,16-17,36H2,1-5H3;6-7H,3-4H2,1-2H3;1-2H3;1H2/b11-10+;;;. The Morgan fingerprint density at radius 3 is 2.21 bits per heavy atom. The number of aliphatic hydroxyl groups is 1. The van der Waals surface area contributed by atoms with Gasteiger partial charge in [0.05, 0.1) is 23.8 Å². The molecule has 0 saturated heterocycles. The molecule has 0 spiro atoms. The topological polar surface area (TPSA) is 100 Å². The van der Waals surface area contributed by atoms with Crippen LogP contribution in [0.15, 0.2) is 30.3 Å². The molecule has 1 N–H and O–H groups in total. The van der Waals surface area contributed by atoms with Crippen molar-refractivity contribution in [3.63, 3.8) is 0 Å². The molecule has 268 valence electrons. The average Bonchev–Trinajstić information content (AvgIpc) is 3.07. The van der Waals surface area contributed by atoms with E-state index < -0.39 is 29.8 Å². The van der Waals surface area contributed by atoms with Crippen LogP contribution >= 0.6 is 20.8 Å². The molecule has 1 saturated carbocycles. The molecule has 0 amide bonds. The average molecular weight is 709 g/mol. The molecular weight excluding hydrogens is 653 g/mol. The van der Waals surface area contributed by atoms with Crippen LogP contribution in [-0.2, 0) is 15.0 Å². The highest BCUT2D eigenvalue weighted by atomic mass is 35.5. The highest BCUT2D eigenvalue weighted by molar-refractivity contribution is 7.28. The van der Waals surface area contributed by atoms with Crippen LogP contribution in [0.25, 0.3) is 17.3 Å². The fraction of sp³-hybridized carbons (Fsp3) is 0.579. The van der Waals surface area contributed by atoms with E-state index in [1.807, 2.05) is 58.8 Å². The summed E-state index contributed by atoms with van der Waals surface area (Å²) in [6, 6.07) is 9.53. The van der Waals surface area contributed by atoms with Crippen LogP contribution < -0.4 is 10.0 Å². The van der Waals surface area contributed by atoms with Gasteiger partial charge in [0, 0.05) is 34.9 Å². The number of ether oxygens (including phenoxy) is 1. The maximum absolute atomic E-state index is 14.3. The van der Waals surface area contributed by atoms with E-state index in [0.717, 1.165) is 43.0 Å². The summed E-state index contributed by atoms with van der Waals surface area (Å²) in [5, 5.41) is 20.1. The minimum Gasteiger partial charge on any atom is -0.485 e. The molecule has 1 aliphatic rings. The number of hydrogen-bond donors (Lipinski definition) is 1. The largest absolute Gasteiger partial charge is 0.485 e. The number of hydrogen-bond acceptors (Lipinski definition) is 6. The number of nitriles is 1. The first-order valence-corrected chi connectivity index (χ1v) is 17.8. The molecule has 1 aromatic heterocycles. The predicted octanol–water partition coefficient (Wildman–Crippen LogP) is 9.93. The number of aromatic nitrogens is 1. The summed E-state index contributed by atoms with van der Waals surface area (Å²) in [6.45, 7) is 19.8. The Morgan fingerprint density at radius 2 is 1.81 bits per heavy atom. The molecule has 3 rings (SSSR count). The van der Waals surface area contributed by atoms with Crippen molar-refractivity contribution in [3.8, 4) is 23.1 Å². The van der Waals surface area contributed by atoms with Crippen LogP contribution in [0.4, 0.5) is 8.78 Å². The van der Waals surface area contributed by atoms with Crippen LogP contribution in [0, 0.1) is 23.2 Å². The zero-order chi connectivity index (χ0) is 37.3. The Labute approximate surface area is 294 Å². The van der Waals surface area contributed by atoms with Crippen molar-refractivity contribution >= 4 is 44.8 Å². The lowest BCUT2D eigenvalue weighted by atomic mass is 9.62. The number of aliphatic hydroxyl groups excluding tert-OH is 1. The third-order valence-corrected chi connectivity index (χ3v) is 9.86. The number of nitrogens with zero attached hydrogens (tertiary/aromatic N) is 2. The van der Waals surface area contributed by atoms with E-state index in [-0.39, 0.29) is 24.2 Å². The van der Waals surface area contributed by atoms with Crippen LogP contribution in [-0.4, -0.2) is 40.8 Å². The Morgan fingerprint density at radius 1 is 1.21 bits per heavy atom. The number of carbonyl (C=O) groups excluding carboxylic acids is 2. The second-order valence-corrected chi connectivity index (χ2v) is 13.1. The molecule has 4 unspecified atom stereocenters. The molecule has 1 aromatic carbocycles. The minimum absolute atomic E-state index is 0.00810. The van der Waals surface area contributed by atoms with Crippen molar-refractivity contribution in [1.29, 1.82) is 5.26 Å². The van der Waals surface area contributed by atoms with Crippen molar-refractivity contribution in [1.82, 2.24) is 4.98 Å². The maximum atomic E-state index is 14.3. The van der Waals surface area contributed by atoms with Crippen molar-refractivity contribution in [2.45, 2.75) is 124 Å². The lowest BCUT2D eigenvalue weighted by Gasteiger charge is -2.44. The third-order valence-electron chi connectivity index (χ3n) is 8.85. The summed E-state index contributed by atoms with van der Waals surface area (Å²) in [4.78, 5) is 23.4. The predicted molar refractivity (Wildman–Crippen MR) is 198 cm³/mol. The SMILES string of the molecule is C=O.CC.CCC(CO)C(C)=O.CCC/C=C/c1nc(-c2ccc(Cl)c(P)c2)cc(C2(C#N)CC(F)(F)C2)c1OC(C)(CC)C(C)CC. The van der Waals surface area contributed by atoms with Gasteiger partial charge in [-0.15, -0.1) is 9.24 Å². The highest BCUT2D eigenvalue weighted by Crippen LogP contribution is 2.56. The summed E-state index contributed by atoms with van der Waals surface area (Å²) < 4.78 is 35.3. The fourth-order valence-corrected chi connectivity index (χ4v) is 5.63. The first kappa shape index (κ1) is 45.3. The lowest BCUT2D eigenvalue weighted by molar-refractivity contribution is -0.122. The van der Waals surface area contributed by atoms with Crippen LogP contribution in [0.3, 0.4) is 0 Å². The van der Waals surface area contributed by atoms with E-state index in [1.165, 1.54) is 6.92 Å². The lowest BCUT2D eigenvalue weighted by Crippen LogP contribution is -2.49. The normalized spacial score (nSPS) is 16.5. The second kappa shape index (κ2) is 21.4. The molecule has 0 aliphatic heterocycles. The van der Waals surface area contributed by atoms with Gasteiger partial charge in [-0.05, 0) is 75.0 Å². The van der Waals surface area contributed by atoms with Gasteiger partial charge in [-0.2, -0.15) is 5.26 Å². The van der Waals surface area contributed by atoms with E-state index in [0.29, 0.717) is 27.7 Å². The van der Waals surface area contributed by atoms with Gasteiger partial charge in [0.2, 0.25) is 0 Å².